The first kappa shape index (κ1) is 23.1. The fourth-order valence-electron chi connectivity index (χ4n) is 6.70. The topological polar surface area (TPSA) is 55.9 Å². The van der Waals surface area contributed by atoms with Crippen molar-refractivity contribution in [1.82, 2.24) is 14.7 Å². The number of hydrogen-bond acceptors (Lipinski definition) is 8. The summed E-state index contributed by atoms with van der Waals surface area (Å²) in [6.07, 6.45) is 11.8. The van der Waals surface area contributed by atoms with Crippen molar-refractivity contribution >= 4 is 0 Å². The first-order valence-corrected chi connectivity index (χ1v) is 13.8. The molecule has 6 rings (SSSR count). The van der Waals surface area contributed by atoms with Gasteiger partial charge in [0.1, 0.15) is 30.8 Å². The fourth-order valence-corrected chi connectivity index (χ4v) is 6.70. The smallest absolute Gasteiger partial charge is 0.198 e. The third-order valence-corrected chi connectivity index (χ3v) is 8.49. The quantitative estimate of drug-likeness (QED) is 0.614. The van der Waals surface area contributed by atoms with Crippen LogP contribution in [0.3, 0.4) is 0 Å². The molecule has 0 aromatic heterocycles. The maximum Gasteiger partial charge on any atom is 0.198 e. The highest BCUT2D eigenvalue weighted by Crippen LogP contribution is 2.36. The van der Waals surface area contributed by atoms with Gasteiger partial charge in [0.2, 0.25) is 0 Å². The van der Waals surface area contributed by atoms with Crippen molar-refractivity contribution in [2.24, 2.45) is 0 Å². The SMILES string of the molecule is C1CCN([C@@H]2O[C@@H]3[C@H](CO[C@@H]3N3CCCCC3)O[C@@H]2O[C@@H]2CCO[C@@H]2N2CCCCC2)CC1. The lowest BCUT2D eigenvalue weighted by Crippen LogP contribution is -2.61. The van der Waals surface area contributed by atoms with Crippen molar-refractivity contribution in [3.63, 3.8) is 0 Å². The first-order valence-electron chi connectivity index (χ1n) is 13.8. The Hall–Kier alpha value is -0.320. The predicted molar refractivity (Wildman–Crippen MR) is 123 cm³/mol. The summed E-state index contributed by atoms with van der Waals surface area (Å²) in [5, 5.41) is 0. The van der Waals surface area contributed by atoms with Gasteiger partial charge in [-0.15, -0.1) is 0 Å². The number of likely N-dealkylation sites (tertiary alicyclic amines) is 3. The molecule has 6 saturated heterocycles. The fraction of sp³-hybridized carbons (Fsp3) is 1.00. The summed E-state index contributed by atoms with van der Waals surface area (Å²) in [6.45, 7) is 7.88. The second-order valence-corrected chi connectivity index (χ2v) is 10.8. The largest absolute Gasteiger partial charge is 0.360 e. The van der Waals surface area contributed by atoms with Crippen molar-refractivity contribution in [3.8, 4) is 0 Å². The molecule has 8 nitrogen and oxygen atoms in total. The van der Waals surface area contributed by atoms with Gasteiger partial charge in [-0.1, -0.05) is 19.3 Å². The van der Waals surface area contributed by atoms with E-state index >= 15 is 0 Å². The van der Waals surface area contributed by atoms with E-state index in [1.807, 2.05) is 0 Å². The second-order valence-electron chi connectivity index (χ2n) is 10.8. The number of hydrogen-bond donors (Lipinski definition) is 0. The van der Waals surface area contributed by atoms with Gasteiger partial charge >= 0.3 is 0 Å². The van der Waals surface area contributed by atoms with E-state index in [0.29, 0.717) is 6.61 Å². The van der Waals surface area contributed by atoms with Crippen LogP contribution in [0.4, 0.5) is 0 Å². The monoisotopic (exact) mass is 465 g/mol. The highest BCUT2D eigenvalue weighted by atomic mass is 16.8. The van der Waals surface area contributed by atoms with E-state index in [-0.39, 0.29) is 43.3 Å². The van der Waals surface area contributed by atoms with Gasteiger partial charge in [0.15, 0.2) is 12.5 Å². The maximum atomic E-state index is 6.87. The summed E-state index contributed by atoms with van der Waals surface area (Å²) < 4.78 is 32.8. The number of rotatable bonds is 5. The molecule has 6 heterocycles. The van der Waals surface area contributed by atoms with Crippen LogP contribution >= 0.6 is 0 Å². The molecule has 33 heavy (non-hydrogen) atoms. The Morgan fingerprint density at radius 2 is 1.15 bits per heavy atom. The summed E-state index contributed by atoms with van der Waals surface area (Å²) >= 11 is 0. The number of fused-ring (bicyclic) bond motifs is 1. The van der Waals surface area contributed by atoms with E-state index in [0.717, 1.165) is 52.3 Å². The normalized spacial score (nSPS) is 44.2. The lowest BCUT2D eigenvalue weighted by Gasteiger charge is -2.47. The van der Waals surface area contributed by atoms with Crippen LogP contribution in [0.2, 0.25) is 0 Å². The number of nitrogens with zero attached hydrogens (tertiary/aromatic N) is 3. The van der Waals surface area contributed by atoms with Crippen molar-refractivity contribution < 1.29 is 23.7 Å². The number of ether oxygens (including phenoxy) is 5. The van der Waals surface area contributed by atoms with E-state index < -0.39 is 0 Å². The van der Waals surface area contributed by atoms with Gasteiger partial charge in [-0.25, -0.2) is 0 Å². The third kappa shape index (κ3) is 5.00. The first-order chi connectivity index (χ1) is 16.4. The van der Waals surface area contributed by atoms with Crippen LogP contribution in [0.1, 0.15) is 64.2 Å². The minimum absolute atomic E-state index is 0.0134. The van der Waals surface area contributed by atoms with Crippen LogP contribution in [0, 0.1) is 0 Å². The van der Waals surface area contributed by atoms with Gasteiger partial charge < -0.3 is 23.7 Å². The summed E-state index contributed by atoms with van der Waals surface area (Å²) in [5.41, 5.74) is 0. The van der Waals surface area contributed by atoms with Gasteiger partial charge in [0, 0.05) is 45.7 Å². The summed E-state index contributed by atoms with van der Waals surface area (Å²) in [7, 11) is 0. The molecule has 0 saturated carbocycles. The lowest BCUT2D eigenvalue weighted by atomic mass is 10.1. The molecule has 0 aromatic carbocycles. The Labute approximate surface area is 198 Å². The molecule has 6 fully saturated rings. The molecule has 6 aliphatic rings. The molecule has 0 amide bonds. The predicted octanol–water partition coefficient (Wildman–Crippen LogP) is 2.37. The highest BCUT2D eigenvalue weighted by Gasteiger charge is 2.52. The zero-order valence-corrected chi connectivity index (χ0v) is 20.2. The Morgan fingerprint density at radius 3 is 1.79 bits per heavy atom. The molecule has 188 valence electrons. The molecular weight excluding hydrogens is 422 g/mol. The van der Waals surface area contributed by atoms with Crippen LogP contribution < -0.4 is 0 Å². The van der Waals surface area contributed by atoms with Crippen LogP contribution in [-0.2, 0) is 23.7 Å². The van der Waals surface area contributed by atoms with Gasteiger partial charge in [-0.2, -0.15) is 0 Å². The maximum absolute atomic E-state index is 6.87. The standard InChI is InChI=1S/C25H43N3O5/c1-4-11-26(12-5-1)22-19(10-17-29-22)31-25-24(28-15-8-3-9-16-28)33-21-20(32-25)18-30-23(21)27-13-6-2-7-14-27/h19-25H,1-18H2/t19-,20+,21-,22+,23+,24-,25+/m1/s1. The molecule has 0 radical (unpaired) electrons. The van der Waals surface area contributed by atoms with Crippen molar-refractivity contribution in [2.45, 2.75) is 107 Å². The Balaban J connectivity index is 1.16. The van der Waals surface area contributed by atoms with Crippen LogP contribution in [0.15, 0.2) is 0 Å². The Morgan fingerprint density at radius 1 is 0.576 bits per heavy atom. The minimum atomic E-state index is -0.382. The number of piperidine rings is 3. The lowest BCUT2D eigenvalue weighted by molar-refractivity contribution is -0.343. The van der Waals surface area contributed by atoms with Crippen LogP contribution in [-0.4, -0.2) is 110 Å². The zero-order valence-electron chi connectivity index (χ0n) is 20.2. The summed E-state index contributed by atoms with van der Waals surface area (Å²) in [4.78, 5) is 7.42. The van der Waals surface area contributed by atoms with Gasteiger partial charge in [-0.3, -0.25) is 14.7 Å². The molecule has 8 heteroatoms. The molecule has 0 aliphatic carbocycles. The van der Waals surface area contributed by atoms with E-state index in [1.54, 1.807) is 0 Å². The van der Waals surface area contributed by atoms with Crippen LogP contribution in [0.5, 0.6) is 0 Å². The molecule has 0 aromatic rings. The van der Waals surface area contributed by atoms with E-state index in [1.165, 1.54) is 57.8 Å². The van der Waals surface area contributed by atoms with E-state index in [9.17, 15) is 0 Å². The second kappa shape index (κ2) is 10.7. The highest BCUT2D eigenvalue weighted by molar-refractivity contribution is 4.93. The molecular formula is C25H43N3O5. The van der Waals surface area contributed by atoms with Crippen molar-refractivity contribution in [3.05, 3.63) is 0 Å². The molecule has 0 unspecified atom stereocenters. The summed E-state index contributed by atoms with van der Waals surface area (Å²) in [6, 6.07) is 0. The van der Waals surface area contributed by atoms with Gasteiger partial charge in [-0.05, 0) is 38.5 Å². The Kier molecular flexibility index (Phi) is 7.52. The summed E-state index contributed by atoms with van der Waals surface area (Å²) in [5.74, 6) is 0. The van der Waals surface area contributed by atoms with Gasteiger partial charge in [0.05, 0.1) is 13.2 Å². The average molecular weight is 466 g/mol. The van der Waals surface area contributed by atoms with Crippen LogP contribution in [0.25, 0.3) is 0 Å². The molecule has 0 bridgehead atoms. The minimum Gasteiger partial charge on any atom is -0.360 e. The third-order valence-electron chi connectivity index (χ3n) is 8.49. The van der Waals surface area contributed by atoms with Crippen molar-refractivity contribution in [1.29, 1.82) is 0 Å². The zero-order chi connectivity index (χ0) is 22.0. The molecule has 0 N–H and O–H groups in total. The molecule has 0 spiro atoms. The average Bonchev–Trinajstić information content (AvgIpc) is 3.52. The van der Waals surface area contributed by atoms with Crippen molar-refractivity contribution in [2.75, 3.05) is 52.5 Å². The molecule has 7 atom stereocenters. The molecule has 6 aliphatic heterocycles. The Bertz CT molecular complexity index is 623. The van der Waals surface area contributed by atoms with E-state index in [4.69, 9.17) is 23.7 Å². The van der Waals surface area contributed by atoms with Gasteiger partial charge in [0.25, 0.3) is 0 Å². The van der Waals surface area contributed by atoms with E-state index in [2.05, 4.69) is 14.7 Å².